The molecule has 18 heteroatoms. The van der Waals surface area contributed by atoms with E-state index >= 15 is 26.3 Å². The van der Waals surface area contributed by atoms with Crippen molar-refractivity contribution in [1.29, 1.82) is 0 Å². The summed E-state index contributed by atoms with van der Waals surface area (Å²) in [6.07, 6.45) is -7.31. The van der Waals surface area contributed by atoms with Crippen molar-refractivity contribution in [2.24, 2.45) is 0 Å². The Balaban J connectivity index is 7.08. The van der Waals surface area contributed by atoms with Crippen LogP contribution in [-0.4, -0.2) is 65.9 Å². The minimum atomic E-state index is -8.30. The lowest BCUT2D eigenvalue weighted by atomic mass is 9.90. The van der Waals surface area contributed by atoms with Gasteiger partial charge in [0.15, 0.2) is 0 Å². The molecule has 0 aromatic rings. The molecule has 0 N–H and O–H groups in total. The number of rotatable bonds is 30. The number of alkyl halides is 17. The number of halogens is 17. The smallest absolute Gasteiger partial charge is 0.200 e. The van der Waals surface area contributed by atoms with Crippen molar-refractivity contribution in [3.63, 3.8) is 0 Å². The van der Waals surface area contributed by atoms with Gasteiger partial charge in [-0.15, -0.1) is 0 Å². The van der Waals surface area contributed by atoms with Gasteiger partial charge in [-0.25, -0.2) is 0 Å². The molecule has 0 aromatic carbocycles. The van der Waals surface area contributed by atoms with Crippen LogP contribution in [0.5, 0.6) is 0 Å². The van der Waals surface area contributed by atoms with Crippen LogP contribution in [0, 0.1) is 0 Å². The fraction of sp³-hybridized carbons (Fsp3) is 1.00. The molecule has 0 fully saturated rings. The van der Waals surface area contributed by atoms with Crippen LogP contribution >= 0.6 is 7.26 Å². The highest BCUT2D eigenvalue weighted by Gasteiger charge is 2.95. The Hall–Kier alpha value is -0.760. The second-order valence-electron chi connectivity index (χ2n) is 13.9. The summed E-state index contributed by atoms with van der Waals surface area (Å²) < 4.78 is 247. The Bertz CT molecular complexity index is 939. The summed E-state index contributed by atoms with van der Waals surface area (Å²) in [5, 5.41) is 0. The van der Waals surface area contributed by atoms with Crippen LogP contribution < -0.4 is 0 Å². The van der Waals surface area contributed by atoms with Crippen molar-refractivity contribution >= 4 is 7.26 Å². The first-order valence-electron chi connectivity index (χ1n) is 18.2. The quantitative estimate of drug-likeness (QED) is 0.0385. The highest BCUT2D eigenvalue weighted by atomic mass is 31.2. The summed E-state index contributed by atoms with van der Waals surface area (Å²) in [5.74, 6) is -46.7. The normalized spacial score (nSPS) is 14.8. The molecular formula is C34H55F17P+. The zero-order valence-electron chi connectivity index (χ0n) is 30.1. The third-order valence-electron chi connectivity index (χ3n) is 9.55. The molecular weight excluding hydrogens is 762 g/mol. The minimum absolute atomic E-state index is 0.153. The van der Waals surface area contributed by atoms with Crippen molar-refractivity contribution in [2.75, 3.05) is 18.5 Å². The summed E-state index contributed by atoms with van der Waals surface area (Å²) in [6, 6.07) is 0. The van der Waals surface area contributed by atoms with Crippen LogP contribution in [0.1, 0.15) is 149 Å². The van der Waals surface area contributed by atoms with Gasteiger partial charge in [0.2, 0.25) is 0 Å². The number of unbranched alkanes of at least 4 members (excludes halogenated alkanes) is 15. The maximum Gasteiger partial charge on any atom is 0.421 e. The van der Waals surface area contributed by atoms with E-state index in [4.69, 9.17) is 0 Å². The molecule has 0 nitrogen and oxygen atoms in total. The first kappa shape index (κ1) is 51.2. The maximum absolute atomic E-state index is 16.4. The van der Waals surface area contributed by atoms with Crippen molar-refractivity contribution < 1.29 is 74.6 Å². The van der Waals surface area contributed by atoms with Crippen molar-refractivity contribution in [3.8, 4) is 0 Å². The second-order valence-corrected chi connectivity index (χ2v) is 18.0. The van der Waals surface area contributed by atoms with Crippen molar-refractivity contribution in [1.82, 2.24) is 0 Å². The van der Waals surface area contributed by atoms with Gasteiger partial charge in [-0.1, -0.05) is 97.8 Å². The average molecular weight is 818 g/mol. The molecule has 0 aliphatic carbocycles. The van der Waals surface area contributed by atoms with Crippen molar-refractivity contribution in [3.05, 3.63) is 0 Å². The molecule has 0 heterocycles. The SMILES string of the molecule is CCCCCCCC[P+](CCCCCCCC)(CCCCCCCC)C(F)(F)C(F)(F)C(F)(F)C(F)(F)C(F)(F)C(F)(F)C(F)(F)CCC(F)(F)F. The monoisotopic (exact) mass is 817 g/mol. The molecule has 0 unspecified atom stereocenters. The molecule has 0 rings (SSSR count). The highest BCUT2D eigenvalue weighted by molar-refractivity contribution is 7.77. The van der Waals surface area contributed by atoms with Gasteiger partial charge < -0.3 is 0 Å². The van der Waals surface area contributed by atoms with Crippen LogP contribution in [0.4, 0.5) is 74.6 Å². The fourth-order valence-electron chi connectivity index (χ4n) is 6.10. The molecule has 0 saturated carbocycles. The van der Waals surface area contributed by atoms with Gasteiger partial charge in [0, 0.05) is 12.8 Å². The second kappa shape index (κ2) is 21.0. The van der Waals surface area contributed by atoms with Gasteiger partial charge in [0.05, 0.1) is 25.7 Å². The Kier molecular flexibility index (Phi) is 20.7. The average Bonchev–Trinajstić information content (AvgIpc) is 3.03. The summed E-state index contributed by atoms with van der Waals surface area (Å²) in [5.41, 5.74) is -6.17. The lowest BCUT2D eigenvalue weighted by Gasteiger charge is -2.45. The standard InChI is InChI=1S/C34H55F17P/c1-4-7-10-13-16-19-24-52(25-20-17-14-11-8-5-2,26-21-18-15-12-9-6-3)34(50,51)33(48,49)32(46,47)31(44,45)30(42,43)29(40,41)27(35,36)22-23-28(37,38)39/h4-26H2,1-3H3/q+1. The Labute approximate surface area is 297 Å². The van der Waals surface area contributed by atoms with E-state index in [9.17, 15) is 48.3 Å². The van der Waals surface area contributed by atoms with Crippen LogP contribution in [-0.2, 0) is 0 Å². The molecule has 0 aliphatic heterocycles. The van der Waals surface area contributed by atoms with E-state index in [1.165, 1.54) is 0 Å². The van der Waals surface area contributed by atoms with Crippen LogP contribution in [0.15, 0.2) is 0 Å². The van der Waals surface area contributed by atoms with Gasteiger partial charge in [0.1, 0.15) is 0 Å². The van der Waals surface area contributed by atoms with E-state index in [1.54, 1.807) is 0 Å². The van der Waals surface area contributed by atoms with Gasteiger partial charge in [-0.05, 0) is 38.5 Å². The molecule has 314 valence electrons. The lowest BCUT2D eigenvalue weighted by molar-refractivity contribution is -0.436. The fourth-order valence-corrected chi connectivity index (χ4v) is 10.8. The molecule has 0 saturated heterocycles. The molecule has 0 spiro atoms. The molecule has 52 heavy (non-hydrogen) atoms. The molecule has 0 atom stereocenters. The Morgan fingerprint density at radius 3 is 0.885 bits per heavy atom. The van der Waals surface area contributed by atoms with Crippen LogP contribution in [0.2, 0.25) is 0 Å². The van der Waals surface area contributed by atoms with Gasteiger partial charge >= 0.3 is 47.4 Å². The molecule has 0 amide bonds. The first-order chi connectivity index (χ1) is 23.6. The number of hydrogen-bond acceptors (Lipinski definition) is 0. The molecule has 0 aromatic heterocycles. The van der Waals surface area contributed by atoms with Crippen LogP contribution in [0.3, 0.4) is 0 Å². The van der Waals surface area contributed by atoms with E-state index in [2.05, 4.69) is 0 Å². The van der Waals surface area contributed by atoms with Gasteiger partial charge in [-0.2, -0.15) is 74.6 Å². The predicted molar refractivity (Wildman–Crippen MR) is 172 cm³/mol. The van der Waals surface area contributed by atoms with Gasteiger partial charge in [0.25, 0.3) is 0 Å². The zero-order valence-corrected chi connectivity index (χ0v) is 31.0. The van der Waals surface area contributed by atoms with E-state index < -0.39 is 86.0 Å². The third-order valence-corrected chi connectivity index (χ3v) is 14.5. The first-order valence-corrected chi connectivity index (χ1v) is 20.6. The van der Waals surface area contributed by atoms with E-state index in [0.29, 0.717) is 38.5 Å². The van der Waals surface area contributed by atoms with E-state index in [1.807, 2.05) is 20.8 Å². The summed E-state index contributed by atoms with van der Waals surface area (Å²) >= 11 is 0. The topological polar surface area (TPSA) is 0 Å². The van der Waals surface area contributed by atoms with Crippen molar-refractivity contribution in [2.45, 2.75) is 197 Å². The predicted octanol–water partition coefficient (Wildman–Crippen LogP) is 15.8. The lowest BCUT2D eigenvalue weighted by Crippen LogP contribution is -2.73. The zero-order chi connectivity index (χ0) is 40.8. The van der Waals surface area contributed by atoms with E-state index in [0.717, 1.165) is 38.5 Å². The summed E-state index contributed by atoms with van der Waals surface area (Å²) in [6.45, 7) is 5.58. The maximum atomic E-state index is 16.4. The van der Waals surface area contributed by atoms with Gasteiger partial charge in [-0.3, -0.25) is 0 Å². The molecule has 0 aliphatic rings. The number of hydrogen-bond donors (Lipinski definition) is 0. The Morgan fingerprint density at radius 1 is 0.308 bits per heavy atom. The third kappa shape index (κ3) is 12.4. The minimum Gasteiger partial charge on any atom is -0.200 e. The highest BCUT2D eigenvalue weighted by Crippen LogP contribution is 2.78. The molecule has 0 radical (unpaired) electrons. The summed E-state index contributed by atoms with van der Waals surface area (Å²) in [7, 11) is -4.91. The summed E-state index contributed by atoms with van der Waals surface area (Å²) in [4.78, 5) is 0. The Morgan fingerprint density at radius 2 is 0.577 bits per heavy atom. The largest absolute Gasteiger partial charge is 0.421 e. The molecule has 0 bridgehead atoms. The van der Waals surface area contributed by atoms with Crippen LogP contribution in [0.25, 0.3) is 0 Å². The van der Waals surface area contributed by atoms with E-state index in [-0.39, 0.29) is 38.5 Å².